The van der Waals surface area contributed by atoms with Gasteiger partial charge in [-0.25, -0.2) is 22.2 Å². The molecule has 8 heteroatoms. The predicted molar refractivity (Wildman–Crippen MR) is 89.0 cm³/mol. The highest BCUT2D eigenvalue weighted by atomic mass is 32.2. The lowest BCUT2D eigenvalue weighted by atomic mass is 9.96. The molecule has 2 atom stereocenters. The van der Waals surface area contributed by atoms with Crippen LogP contribution in [0.3, 0.4) is 0 Å². The van der Waals surface area contributed by atoms with Crippen LogP contribution in [0.2, 0.25) is 0 Å². The molecule has 1 aromatic carbocycles. The zero-order chi connectivity index (χ0) is 17.3. The van der Waals surface area contributed by atoms with E-state index < -0.39 is 15.8 Å². The Morgan fingerprint density at radius 3 is 2.83 bits per heavy atom. The van der Waals surface area contributed by atoms with E-state index in [0.29, 0.717) is 6.54 Å². The zero-order valence-electron chi connectivity index (χ0n) is 13.7. The van der Waals surface area contributed by atoms with E-state index >= 15 is 0 Å². The summed E-state index contributed by atoms with van der Waals surface area (Å²) in [6.45, 7) is 5.32. The number of benzene rings is 1. The van der Waals surface area contributed by atoms with Gasteiger partial charge in [0.25, 0.3) is 0 Å². The molecule has 2 N–H and O–H groups in total. The van der Waals surface area contributed by atoms with E-state index in [-0.39, 0.29) is 22.5 Å². The Labute approximate surface area is 141 Å². The molecule has 2 heterocycles. The molecular weight excluding hydrogens is 331 g/mol. The van der Waals surface area contributed by atoms with Gasteiger partial charge in [-0.2, -0.15) is 5.10 Å². The number of nitrogens with zero attached hydrogens (tertiary/aromatic N) is 2. The monoisotopic (exact) mass is 352 g/mol. The van der Waals surface area contributed by atoms with E-state index in [1.54, 1.807) is 12.4 Å². The smallest absolute Gasteiger partial charge is 0.240 e. The molecule has 0 aliphatic carbocycles. The second-order valence-electron chi connectivity index (χ2n) is 6.27. The number of halogens is 1. The number of aromatic nitrogens is 2. The summed E-state index contributed by atoms with van der Waals surface area (Å²) in [6.07, 6.45) is 4.20. The van der Waals surface area contributed by atoms with E-state index in [2.05, 4.69) is 15.1 Å². The highest BCUT2D eigenvalue weighted by Crippen LogP contribution is 2.20. The highest BCUT2D eigenvalue weighted by Gasteiger charge is 2.27. The number of hydrogen-bond donors (Lipinski definition) is 2. The van der Waals surface area contributed by atoms with Gasteiger partial charge in [0.1, 0.15) is 11.5 Å². The van der Waals surface area contributed by atoms with Gasteiger partial charge in [0.15, 0.2) is 0 Å². The molecule has 1 fully saturated rings. The van der Waals surface area contributed by atoms with E-state index in [4.69, 9.17) is 0 Å². The lowest BCUT2D eigenvalue weighted by Crippen LogP contribution is -2.50. The molecule has 0 amide bonds. The molecule has 130 valence electrons. The largest absolute Gasteiger partial charge is 0.315 e. The lowest BCUT2D eigenvalue weighted by Gasteiger charge is -2.30. The summed E-state index contributed by atoms with van der Waals surface area (Å²) in [7, 11) is -3.77. The average Bonchev–Trinajstić information content (AvgIpc) is 2.95. The number of aryl methyl sites for hydroxylation is 1. The maximum absolute atomic E-state index is 14.4. The van der Waals surface area contributed by atoms with Gasteiger partial charge in [0.2, 0.25) is 10.0 Å². The first-order chi connectivity index (χ1) is 11.4. The second kappa shape index (κ2) is 6.62. The van der Waals surface area contributed by atoms with Crippen molar-refractivity contribution in [2.45, 2.75) is 31.2 Å². The predicted octanol–water partition coefficient (Wildman–Crippen LogP) is 1.60. The minimum atomic E-state index is -3.77. The highest BCUT2D eigenvalue weighted by molar-refractivity contribution is 7.89. The standard InChI is InChI=1S/C16H21FN4O2S/c1-11-8-19-21(10-11)16-4-3-13(7-14(16)17)24(22,23)20-15-9-18-6-5-12(15)2/h3-4,7-8,10,12,15,18,20H,5-6,9H2,1-2H3. The molecule has 2 unspecified atom stereocenters. The van der Waals surface area contributed by atoms with Gasteiger partial charge in [0, 0.05) is 18.8 Å². The Balaban J connectivity index is 1.84. The number of hydrogen-bond acceptors (Lipinski definition) is 4. The van der Waals surface area contributed by atoms with Crippen LogP contribution >= 0.6 is 0 Å². The fourth-order valence-corrected chi connectivity index (χ4v) is 4.16. The summed E-state index contributed by atoms with van der Waals surface area (Å²) in [4.78, 5) is -0.0783. The second-order valence-corrected chi connectivity index (χ2v) is 7.99. The minimum absolute atomic E-state index is 0.0783. The summed E-state index contributed by atoms with van der Waals surface area (Å²) in [5, 5.41) is 7.22. The summed E-state index contributed by atoms with van der Waals surface area (Å²) < 4.78 is 43.5. The fourth-order valence-electron chi connectivity index (χ4n) is 2.80. The van der Waals surface area contributed by atoms with Crippen molar-refractivity contribution < 1.29 is 12.8 Å². The van der Waals surface area contributed by atoms with E-state index in [0.717, 1.165) is 24.6 Å². The van der Waals surface area contributed by atoms with Gasteiger partial charge < -0.3 is 5.32 Å². The van der Waals surface area contributed by atoms with Crippen molar-refractivity contribution in [1.29, 1.82) is 0 Å². The Hall–Kier alpha value is -1.77. The number of nitrogens with one attached hydrogen (secondary N) is 2. The zero-order valence-corrected chi connectivity index (χ0v) is 14.5. The molecule has 24 heavy (non-hydrogen) atoms. The van der Waals surface area contributed by atoms with Crippen LogP contribution < -0.4 is 10.0 Å². The molecule has 6 nitrogen and oxygen atoms in total. The van der Waals surface area contributed by atoms with Gasteiger partial charge in [-0.3, -0.25) is 0 Å². The third-order valence-corrected chi connectivity index (χ3v) is 5.81. The van der Waals surface area contributed by atoms with Crippen LogP contribution in [0.4, 0.5) is 4.39 Å². The van der Waals surface area contributed by atoms with Crippen LogP contribution in [0.25, 0.3) is 5.69 Å². The Morgan fingerprint density at radius 1 is 1.42 bits per heavy atom. The third-order valence-electron chi connectivity index (χ3n) is 4.32. The molecule has 1 aliphatic rings. The van der Waals surface area contributed by atoms with Gasteiger partial charge in [-0.15, -0.1) is 0 Å². The van der Waals surface area contributed by atoms with Crippen molar-refractivity contribution in [2.24, 2.45) is 5.92 Å². The molecule has 0 spiro atoms. The Morgan fingerprint density at radius 2 is 2.21 bits per heavy atom. The molecule has 0 bridgehead atoms. The van der Waals surface area contributed by atoms with Crippen LogP contribution in [0.1, 0.15) is 18.9 Å². The van der Waals surface area contributed by atoms with E-state index in [9.17, 15) is 12.8 Å². The molecule has 0 saturated carbocycles. The van der Waals surface area contributed by atoms with Crippen molar-refractivity contribution >= 4 is 10.0 Å². The first-order valence-corrected chi connectivity index (χ1v) is 9.39. The van der Waals surface area contributed by atoms with E-state index in [1.807, 2.05) is 13.8 Å². The summed E-state index contributed by atoms with van der Waals surface area (Å²) >= 11 is 0. The normalized spacial score (nSPS) is 21.8. The lowest BCUT2D eigenvalue weighted by molar-refractivity contribution is 0.327. The molecule has 2 aromatic rings. The summed E-state index contributed by atoms with van der Waals surface area (Å²) in [5.74, 6) is -0.395. The van der Waals surface area contributed by atoms with Crippen molar-refractivity contribution in [3.63, 3.8) is 0 Å². The Kier molecular flexibility index (Phi) is 4.71. The van der Waals surface area contributed by atoms with E-state index in [1.165, 1.54) is 16.8 Å². The van der Waals surface area contributed by atoms with Crippen LogP contribution in [0.5, 0.6) is 0 Å². The van der Waals surface area contributed by atoms with Crippen LogP contribution in [-0.4, -0.2) is 37.3 Å². The topological polar surface area (TPSA) is 76.0 Å². The van der Waals surface area contributed by atoms with Gasteiger partial charge >= 0.3 is 0 Å². The quantitative estimate of drug-likeness (QED) is 0.876. The number of sulfonamides is 1. The Bertz CT molecular complexity index is 834. The average molecular weight is 352 g/mol. The SMILES string of the molecule is Cc1cnn(-c2ccc(S(=O)(=O)NC3CNCCC3C)cc2F)c1. The van der Waals surface area contributed by atoms with Crippen LogP contribution in [-0.2, 0) is 10.0 Å². The van der Waals surface area contributed by atoms with Gasteiger partial charge in [0.05, 0.1) is 11.1 Å². The molecular formula is C16H21FN4O2S. The maximum Gasteiger partial charge on any atom is 0.240 e. The maximum atomic E-state index is 14.4. The molecule has 1 saturated heterocycles. The summed E-state index contributed by atoms with van der Waals surface area (Å²) in [6, 6.07) is 3.67. The van der Waals surface area contributed by atoms with Crippen molar-refractivity contribution in [3.8, 4) is 5.69 Å². The van der Waals surface area contributed by atoms with Gasteiger partial charge in [-0.05, 0) is 49.6 Å². The number of rotatable bonds is 4. The third kappa shape index (κ3) is 3.50. The molecule has 1 aliphatic heterocycles. The fraction of sp³-hybridized carbons (Fsp3) is 0.438. The summed E-state index contributed by atoms with van der Waals surface area (Å²) in [5.41, 5.74) is 1.11. The van der Waals surface area contributed by atoms with Crippen molar-refractivity contribution in [2.75, 3.05) is 13.1 Å². The number of piperidine rings is 1. The van der Waals surface area contributed by atoms with Crippen LogP contribution in [0, 0.1) is 18.7 Å². The molecule has 3 rings (SSSR count). The van der Waals surface area contributed by atoms with Crippen molar-refractivity contribution in [1.82, 2.24) is 19.8 Å². The first kappa shape index (κ1) is 17.1. The molecule has 0 radical (unpaired) electrons. The van der Waals surface area contributed by atoms with Gasteiger partial charge in [-0.1, -0.05) is 6.92 Å². The molecule has 1 aromatic heterocycles. The van der Waals surface area contributed by atoms with Crippen LogP contribution in [0.15, 0.2) is 35.5 Å². The van der Waals surface area contributed by atoms with Crippen molar-refractivity contribution in [3.05, 3.63) is 42.0 Å². The first-order valence-electron chi connectivity index (χ1n) is 7.91. The minimum Gasteiger partial charge on any atom is -0.315 e.